The molecular formula is C23H35F3O2. The van der Waals surface area contributed by atoms with E-state index in [9.17, 15) is 22.8 Å². The summed E-state index contributed by atoms with van der Waals surface area (Å²) in [5.74, 6) is -1.40. The molecule has 0 unspecified atom stereocenters. The van der Waals surface area contributed by atoms with Crippen LogP contribution in [0.4, 0.5) is 13.2 Å². The summed E-state index contributed by atoms with van der Waals surface area (Å²) in [5, 5.41) is 0. The molecule has 0 atom stereocenters. The van der Waals surface area contributed by atoms with Crippen LogP contribution in [0.2, 0.25) is 0 Å². The van der Waals surface area contributed by atoms with Crippen LogP contribution in [-0.4, -0.2) is 31.6 Å². The maximum absolute atomic E-state index is 12.8. The molecule has 0 rings (SSSR count). The van der Waals surface area contributed by atoms with Crippen molar-refractivity contribution in [1.29, 1.82) is 0 Å². The fourth-order valence-corrected chi connectivity index (χ4v) is 2.60. The quantitative estimate of drug-likeness (QED) is 0.229. The van der Waals surface area contributed by atoms with Crippen LogP contribution in [0.15, 0.2) is 34.9 Å². The lowest BCUT2D eigenvalue weighted by Crippen LogP contribution is -2.39. The van der Waals surface area contributed by atoms with Crippen LogP contribution in [0.5, 0.6) is 0 Å². The second-order valence-electron chi connectivity index (χ2n) is 7.82. The van der Waals surface area contributed by atoms with Crippen molar-refractivity contribution in [3.63, 3.8) is 0 Å². The maximum atomic E-state index is 12.8. The summed E-state index contributed by atoms with van der Waals surface area (Å²) in [6.45, 7) is 4.02. The molecule has 0 saturated carbocycles. The van der Waals surface area contributed by atoms with Crippen LogP contribution in [0.3, 0.4) is 0 Å². The number of rotatable bonds is 15. The Kier molecular flexibility index (Phi) is 13.5. The Bertz CT molecular complexity index is 572. The van der Waals surface area contributed by atoms with Gasteiger partial charge in [-0.2, -0.15) is 0 Å². The minimum atomic E-state index is -2.29. The molecule has 160 valence electrons. The maximum Gasteiger partial charge on any atom is 0.154 e. The van der Waals surface area contributed by atoms with E-state index in [0.29, 0.717) is 6.42 Å². The van der Waals surface area contributed by atoms with Crippen molar-refractivity contribution in [1.82, 2.24) is 0 Å². The van der Waals surface area contributed by atoms with Crippen molar-refractivity contribution < 1.29 is 22.8 Å². The van der Waals surface area contributed by atoms with Gasteiger partial charge in [0, 0.05) is 6.42 Å². The predicted molar refractivity (Wildman–Crippen MR) is 110 cm³/mol. The standard InChI is InChI=1S/C23H35F3O2/c1-18(2)8-5-9-19(3)10-6-11-20(4)12-7-13-21(27)14-22(28)23(15-24,16-25)17-26/h8,10,12H,5-7,9,11,13-17H2,1-4H3. The molecule has 0 spiro atoms. The summed E-state index contributed by atoms with van der Waals surface area (Å²) in [5.41, 5.74) is 1.54. The molecular weight excluding hydrogens is 365 g/mol. The molecule has 0 aliphatic heterocycles. The third-order valence-corrected chi connectivity index (χ3v) is 4.76. The van der Waals surface area contributed by atoms with Crippen LogP contribution in [0.25, 0.3) is 0 Å². The van der Waals surface area contributed by atoms with Gasteiger partial charge >= 0.3 is 0 Å². The Hall–Kier alpha value is -1.65. The van der Waals surface area contributed by atoms with Crippen molar-refractivity contribution in [3.05, 3.63) is 34.9 Å². The molecule has 5 heteroatoms. The third kappa shape index (κ3) is 10.6. The minimum absolute atomic E-state index is 0.113. The van der Waals surface area contributed by atoms with Crippen molar-refractivity contribution in [3.8, 4) is 0 Å². The zero-order valence-corrected chi connectivity index (χ0v) is 17.8. The number of carbonyl (C=O) groups is 2. The van der Waals surface area contributed by atoms with Crippen LogP contribution in [-0.2, 0) is 9.59 Å². The van der Waals surface area contributed by atoms with E-state index in [4.69, 9.17) is 0 Å². The third-order valence-electron chi connectivity index (χ3n) is 4.76. The van der Waals surface area contributed by atoms with Gasteiger partial charge in [0.25, 0.3) is 0 Å². The van der Waals surface area contributed by atoms with Crippen LogP contribution >= 0.6 is 0 Å². The molecule has 0 aromatic rings. The van der Waals surface area contributed by atoms with E-state index in [2.05, 4.69) is 32.9 Å². The normalized spacial score (nSPS) is 12.8. The molecule has 0 aromatic carbocycles. The first-order valence-corrected chi connectivity index (χ1v) is 9.88. The second kappa shape index (κ2) is 14.4. The minimum Gasteiger partial charge on any atom is -0.299 e. The first-order valence-electron chi connectivity index (χ1n) is 9.88. The number of alkyl halides is 3. The molecule has 0 fully saturated rings. The highest BCUT2D eigenvalue weighted by Crippen LogP contribution is 2.23. The van der Waals surface area contributed by atoms with Crippen molar-refractivity contribution in [2.45, 2.75) is 72.6 Å². The van der Waals surface area contributed by atoms with E-state index in [0.717, 1.165) is 31.3 Å². The van der Waals surface area contributed by atoms with E-state index in [-0.39, 0.29) is 6.42 Å². The van der Waals surface area contributed by atoms with Gasteiger partial charge in [0.1, 0.15) is 31.2 Å². The molecule has 0 aliphatic carbocycles. The SMILES string of the molecule is CC(C)=CCCC(C)=CCCC(C)=CCCC(=O)CC(=O)C(CF)(CF)CF. The van der Waals surface area contributed by atoms with Crippen LogP contribution < -0.4 is 0 Å². The lowest BCUT2D eigenvalue weighted by atomic mass is 9.84. The van der Waals surface area contributed by atoms with Gasteiger partial charge in [0.05, 0.1) is 6.42 Å². The highest BCUT2D eigenvalue weighted by Gasteiger charge is 2.39. The van der Waals surface area contributed by atoms with E-state index in [1.54, 1.807) is 0 Å². The Labute approximate surface area is 168 Å². The van der Waals surface area contributed by atoms with Crippen molar-refractivity contribution in [2.24, 2.45) is 5.41 Å². The smallest absolute Gasteiger partial charge is 0.154 e. The number of halogens is 3. The number of hydrogen-bond donors (Lipinski definition) is 0. The number of ketones is 2. The summed E-state index contributed by atoms with van der Waals surface area (Å²) < 4.78 is 38.5. The lowest BCUT2D eigenvalue weighted by Gasteiger charge is -2.21. The van der Waals surface area contributed by atoms with E-state index < -0.39 is 43.4 Å². The van der Waals surface area contributed by atoms with E-state index in [1.807, 2.05) is 13.0 Å². The molecule has 0 amide bonds. The highest BCUT2D eigenvalue weighted by atomic mass is 19.1. The summed E-state index contributed by atoms with van der Waals surface area (Å²) in [6, 6.07) is 0. The van der Waals surface area contributed by atoms with Gasteiger partial charge in [-0.1, -0.05) is 34.9 Å². The van der Waals surface area contributed by atoms with Gasteiger partial charge in [-0.25, -0.2) is 13.2 Å². The Balaban J connectivity index is 4.28. The zero-order chi connectivity index (χ0) is 21.6. The van der Waals surface area contributed by atoms with Gasteiger partial charge in [-0.05, 0) is 59.8 Å². The largest absolute Gasteiger partial charge is 0.299 e. The van der Waals surface area contributed by atoms with Gasteiger partial charge in [-0.3, -0.25) is 9.59 Å². The van der Waals surface area contributed by atoms with E-state index >= 15 is 0 Å². The van der Waals surface area contributed by atoms with Gasteiger partial charge < -0.3 is 0 Å². The van der Waals surface area contributed by atoms with Crippen molar-refractivity contribution >= 4 is 11.6 Å². The highest BCUT2D eigenvalue weighted by molar-refractivity contribution is 6.02. The van der Waals surface area contributed by atoms with Gasteiger partial charge in [0.2, 0.25) is 0 Å². The number of allylic oxidation sites excluding steroid dienone is 6. The predicted octanol–water partition coefficient (Wildman–Crippen LogP) is 6.61. The molecule has 0 aromatic heterocycles. The monoisotopic (exact) mass is 400 g/mol. The molecule has 28 heavy (non-hydrogen) atoms. The van der Waals surface area contributed by atoms with E-state index in [1.165, 1.54) is 11.1 Å². The molecule has 0 bridgehead atoms. The first-order chi connectivity index (χ1) is 13.2. The Morgan fingerprint density at radius 1 is 0.714 bits per heavy atom. The lowest BCUT2D eigenvalue weighted by molar-refractivity contribution is -0.135. The molecule has 2 nitrogen and oxygen atoms in total. The number of carbonyl (C=O) groups excluding carboxylic acids is 2. The molecule has 0 aliphatic rings. The average Bonchev–Trinajstić information content (AvgIpc) is 2.63. The number of hydrogen-bond acceptors (Lipinski definition) is 2. The summed E-state index contributed by atoms with van der Waals surface area (Å²) in [7, 11) is 0. The van der Waals surface area contributed by atoms with Crippen molar-refractivity contribution in [2.75, 3.05) is 20.0 Å². The van der Waals surface area contributed by atoms with Crippen LogP contribution in [0, 0.1) is 5.41 Å². The molecule has 0 N–H and O–H groups in total. The molecule has 0 saturated heterocycles. The fourth-order valence-electron chi connectivity index (χ4n) is 2.60. The number of Topliss-reactive ketones (excluding diaryl/α,β-unsaturated/α-hetero) is 2. The summed E-state index contributed by atoms with van der Waals surface area (Å²) in [6.07, 6.45) is 10.3. The topological polar surface area (TPSA) is 34.1 Å². The average molecular weight is 401 g/mol. The first kappa shape index (κ1) is 26.4. The van der Waals surface area contributed by atoms with Gasteiger partial charge in [-0.15, -0.1) is 0 Å². The molecule has 0 radical (unpaired) electrons. The summed E-state index contributed by atoms with van der Waals surface area (Å²) >= 11 is 0. The van der Waals surface area contributed by atoms with Crippen LogP contribution in [0.1, 0.15) is 72.6 Å². The summed E-state index contributed by atoms with van der Waals surface area (Å²) in [4.78, 5) is 23.7. The Morgan fingerprint density at radius 2 is 1.14 bits per heavy atom. The fraction of sp³-hybridized carbons (Fsp3) is 0.652. The zero-order valence-electron chi connectivity index (χ0n) is 17.8. The van der Waals surface area contributed by atoms with Gasteiger partial charge in [0.15, 0.2) is 5.78 Å². The Morgan fingerprint density at radius 3 is 1.57 bits per heavy atom. The molecule has 0 heterocycles. The second-order valence-corrected chi connectivity index (χ2v) is 7.82.